The summed E-state index contributed by atoms with van der Waals surface area (Å²) in [4.78, 5) is 29.2. The second-order valence-electron chi connectivity index (χ2n) is 11.3. The van der Waals surface area contributed by atoms with Crippen LogP contribution in [0.25, 0.3) is 0 Å². The topological polar surface area (TPSA) is 61.9 Å². The quantitative estimate of drug-likeness (QED) is 0.496. The molecule has 198 valence electrons. The fraction of sp³-hybridized carbons (Fsp3) is 0.517. The summed E-state index contributed by atoms with van der Waals surface area (Å²) in [5.74, 6) is -1.15. The first-order chi connectivity index (χ1) is 17.6. The fourth-order valence-electron chi connectivity index (χ4n) is 6.41. The molecule has 1 saturated heterocycles. The van der Waals surface area contributed by atoms with E-state index in [2.05, 4.69) is 5.32 Å². The minimum atomic E-state index is -0.562. The van der Waals surface area contributed by atoms with E-state index in [1.807, 2.05) is 49.9 Å². The summed E-state index contributed by atoms with van der Waals surface area (Å²) < 4.78 is 35.0. The number of amides is 2. The molecule has 2 aromatic carbocycles. The Morgan fingerprint density at radius 1 is 1.16 bits per heavy atom. The first kappa shape index (κ1) is 25.5. The predicted molar refractivity (Wildman–Crippen MR) is 139 cm³/mol. The van der Waals surface area contributed by atoms with Crippen LogP contribution in [-0.2, 0) is 9.53 Å². The Balaban J connectivity index is 1.09. The van der Waals surface area contributed by atoms with Crippen molar-refractivity contribution in [2.75, 3.05) is 29.9 Å². The predicted octanol–water partition coefficient (Wildman–Crippen LogP) is 5.68. The van der Waals surface area contributed by atoms with Gasteiger partial charge in [-0.1, -0.05) is 38.5 Å². The van der Waals surface area contributed by atoms with E-state index in [9.17, 15) is 18.4 Å². The number of hydrogen-bond acceptors (Lipinski definition) is 4. The summed E-state index contributed by atoms with van der Waals surface area (Å²) in [6.07, 6.45) is 2.71. The molecule has 8 heteroatoms. The summed E-state index contributed by atoms with van der Waals surface area (Å²) in [5.41, 5.74) is 1.55. The van der Waals surface area contributed by atoms with Gasteiger partial charge >= 0.3 is 6.09 Å². The van der Waals surface area contributed by atoms with Crippen LogP contribution in [0.5, 0.6) is 0 Å². The van der Waals surface area contributed by atoms with Crippen LogP contribution in [0.15, 0.2) is 36.4 Å². The van der Waals surface area contributed by atoms with Gasteiger partial charge in [0.15, 0.2) is 0 Å². The van der Waals surface area contributed by atoms with Gasteiger partial charge in [0.25, 0.3) is 0 Å². The van der Waals surface area contributed by atoms with Crippen molar-refractivity contribution >= 4 is 23.4 Å². The van der Waals surface area contributed by atoms with Gasteiger partial charge in [0, 0.05) is 56.3 Å². The summed E-state index contributed by atoms with van der Waals surface area (Å²) in [7, 11) is 1.80. The number of rotatable bonds is 8. The molecular weight excluding hydrogens is 476 g/mol. The molecule has 6 rings (SSSR count). The van der Waals surface area contributed by atoms with Crippen LogP contribution in [0.4, 0.5) is 25.0 Å². The molecule has 2 bridgehead atoms. The number of hydrogen-bond donors (Lipinski definition) is 1. The highest BCUT2D eigenvalue weighted by atomic mass is 19.1. The lowest BCUT2D eigenvalue weighted by Crippen LogP contribution is -2.74. The minimum Gasteiger partial charge on any atom is -0.443 e. The molecule has 1 N–H and O–H groups in total. The molecule has 1 atom stereocenters. The average Bonchev–Trinajstić information content (AvgIpc) is 2.76. The third-order valence-electron chi connectivity index (χ3n) is 8.37. The Kier molecular flexibility index (Phi) is 6.40. The van der Waals surface area contributed by atoms with Crippen LogP contribution < -0.4 is 15.1 Å². The van der Waals surface area contributed by atoms with Crippen molar-refractivity contribution < 1.29 is 23.1 Å². The van der Waals surface area contributed by atoms with Gasteiger partial charge in [-0.2, -0.15) is 0 Å². The minimum absolute atomic E-state index is 0.0666. The van der Waals surface area contributed by atoms with Gasteiger partial charge in [-0.3, -0.25) is 4.79 Å². The van der Waals surface area contributed by atoms with Crippen molar-refractivity contribution in [1.29, 1.82) is 0 Å². The van der Waals surface area contributed by atoms with Crippen molar-refractivity contribution in [1.82, 2.24) is 5.32 Å². The molecule has 3 saturated carbocycles. The number of carbonyl (C=O) groups excluding carboxylic acids is 2. The molecule has 2 aromatic rings. The molecule has 3 aliphatic carbocycles. The monoisotopic (exact) mass is 511 g/mol. The molecule has 0 spiro atoms. The number of halogens is 2. The van der Waals surface area contributed by atoms with E-state index in [0.717, 1.165) is 24.1 Å². The second kappa shape index (κ2) is 9.30. The molecule has 0 radical (unpaired) electrons. The van der Waals surface area contributed by atoms with Gasteiger partial charge in [0.1, 0.15) is 17.2 Å². The van der Waals surface area contributed by atoms with E-state index in [4.69, 9.17) is 4.74 Å². The van der Waals surface area contributed by atoms with E-state index >= 15 is 0 Å². The van der Waals surface area contributed by atoms with Gasteiger partial charge in [0.2, 0.25) is 5.91 Å². The molecule has 37 heavy (non-hydrogen) atoms. The zero-order valence-electron chi connectivity index (χ0n) is 21.9. The number of anilines is 2. The lowest BCUT2D eigenvalue weighted by Gasteiger charge is -2.67. The molecule has 4 aliphatic rings. The standard InChI is InChI=1S/C29H35F2N3O3/c1-5-8-19(3)25-22(30)11-21(12-23(25)31)34-13-20(14-34)32-27(36)37-29-15-28(16-29,17-29)26(35)33(4)24-10-7-6-9-18(24)2/h6-7,9-12,19-20H,5,8,13-17H2,1-4H3,(H,32,36). The number of nitrogens with zero attached hydrogens (tertiary/aromatic N) is 2. The molecule has 1 aliphatic heterocycles. The number of benzene rings is 2. The van der Waals surface area contributed by atoms with Gasteiger partial charge < -0.3 is 19.9 Å². The Hall–Kier alpha value is -3.16. The summed E-state index contributed by atoms with van der Waals surface area (Å²) in [6, 6.07) is 10.4. The van der Waals surface area contributed by atoms with Crippen molar-refractivity contribution in [3.63, 3.8) is 0 Å². The van der Waals surface area contributed by atoms with Crippen LogP contribution in [0, 0.1) is 24.0 Å². The normalized spacial score (nSPS) is 24.9. The van der Waals surface area contributed by atoms with Crippen LogP contribution in [0.3, 0.4) is 0 Å². The second-order valence-corrected chi connectivity index (χ2v) is 11.3. The largest absolute Gasteiger partial charge is 0.443 e. The zero-order chi connectivity index (χ0) is 26.5. The summed E-state index contributed by atoms with van der Waals surface area (Å²) in [6.45, 7) is 6.72. The lowest BCUT2D eigenvalue weighted by molar-refractivity contribution is -0.246. The fourth-order valence-corrected chi connectivity index (χ4v) is 6.41. The van der Waals surface area contributed by atoms with Gasteiger partial charge in [-0.15, -0.1) is 0 Å². The van der Waals surface area contributed by atoms with Gasteiger partial charge in [0.05, 0.1) is 11.5 Å². The average molecular weight is 512 g/mol. The Bertz CT molecular complexity index is 1180. The number of carbonyl (C=O) groups is 2. The lowest BCUT2D eigenvalue weighted by atomic mass is 9.40. The van der Waals surface area contributed by atoms with Crippen LogP contribution in [-0.4, -0.2) is 43.8 Å². The van der Waals surface area contributed by atoms with E-state index in [1.54, 1.807) is 11.9 Å². The van der Waals surface area contributed by atoms with Gasteiger partial charge in [-0.25, -0.2) is 13.6 Å². The molecular formula is C29H35F2N3O3. The number of para-hydroxylation sites is 1. The first-order valence-electron chi connectivity index (χ1n) is 13.1. The first-order valence-corrected chi connectivity index (χ1v) is 13.1. The SMILES string of the molecule is CCCC(C)c1c(F)cc(N2CC(NC(=O)OC34CC(C(=O)N(C)c5ccccc5C)(C3)C4)C2)cc1F. The Labute approximate surface area is 217 Å². The maximum Gasteiger partial charge on any atom is 0.408 e. The third-order valence-corrected chi connectivity index (χ3v) is 8.37. The van der Waals surface area contributed by atoms with Crippen molar-refractivity contribution in [2.24, 2.45) is 5.41 Å². The highest BCUT2D eigenvalue weighted by Crippen LogP contribution is 2.69. The maximum absolute atomic E-state index is 14.6. The molecule has 0 aromatic heterocycles. The van der Waals surface area contributed by atoms with E-state index in [1.165, 1.54) is 12.1 Å². The smallest absolute Gasteiger partial charge is 0.408 e. The molecule has 2 amide bonds. The van der Waals surface area contributed by atoms with Crippen molar-refractivity contribution in [3.8, 4) is 0 Å². The molecule has 1 unspecified atom stereocenters. The number of nitrogens with one attached hydrogen (secondary N) is 1. The highest BCUT2D eigenvalue weighted by Gasteiger charge is 2.75. The molecule has 4 fully saturated rings. The van der Waals surface area contributed by atoms with Crippen molar-refractivity contribution in [3.05, 3.63) is 59.2 Å². The van der Waals surface area contributed by atoms with E-state index in [0.29, 0.717) is 38.0 Å². The zero-order valence-corrected chi connectivity index (χ0v) is 21.9. The van der Waals surface area contributed by atoms with Crippen LogP contribution in [0.2, 0.25) is 0 Å². The van der Waals surface area contributed by atoms with E-state index < -0.39 is 28.7 Å². The Morgan fingerprint density at radius 3 is 2.38 bits per heavy atom. The van der Waals surface area contributed by atoms with Crippen molar-refractivity contribution in [2.45, 2.75) is 70.4 Å². The van der Waals surface area contributed by atoms with Crippen LogP contribution in [0.1, 0.15) is 63.0 Å². The summed E-state index contributed by atoms with van der Waals surface area (Å²) in [5, 5.41) is 2.85. The Morgan fingerprint density at radius 2 is 1.78 bits per heavy atom. The van der Waals surface area contributed by atoms with Crippen LogP contribution >= 0.6 is 0 Å². The molecule has 6 nitrogen and oxygen atoms in total. The highest BCUT2D eigenvalue weighted by molar-refractivity contribution is 6.00. The maximum atomic E-state index is 14.6. The van der Waals surface area contributed by atoms with E-state index in [-0.39, 0.29) is 23.4 Å². The summed E-state index contributed by atoms with van der Waals surface area (Å²) >= 11 is 0. The number of ether oxygens (including phenoxy) is 1. The number of alkyl carbamates (subject to hydrolysis) is 1. The molecule has 1 heterocycles. The van der Waals surface area contributed by atoms with Gasteiger partial charge in [-0.05, 0) is 43.0 Å². The number of aryl methyl sites for hydroxylation is 1. The third kappa shape index (κ3) is 4.44.